The van der Waals surface area contributed by atoms with E-state index in [1.165, 1.54) is 14.2 Å². The Kier molecular flexibility index (Phi) is 5.77. The lowest BCUT2D eigenvalue weighted by atomic mass is 10.3. The summed E-state index contributed by atoms with van der Waals surface area (Å²) in [6, 6.07) is 2.08. The molecule has 2 heterocycles. The van der Waals surface area contributed by atoms with Crippen LogP contribution in [0.15, 0.2) is 22.1 Å². The van der Waals surface area contributed by atoms with Gasteiger partial charge in [0.2, 0.25) is 0 Å². The third kappa shape index (κ3) is 4.54. The van der Waals surface area contributed by atoms with E-state index in [1.807, 2.05) is 6.20 Å². The molecule has 0 atom stereocenters. The van der Waals surface area contributed by atoms with Gasteiger partial charge in [-0.05, 0) is 27.4 Å². The maximum Gasteiger partial charge on any atom is 0.180 e. The molecular weight excluding hydrogens is 346 g/mol. The van der Waals surface area contributed by atoms with Crippen LogP contribution in [0.5, 0.6) is 0 Å². The fourth-order valence-electron chi connectivity index (χ4n) is 1.69. The quantitative estimate of drug-likeness (QED) is 0.822. The Labute approximate surface area is 129 Å². The number of nitrogen functional groups attached to an aromatic ring is 1. The smallest absolute Gasteiger partial charge is 0.180 e. The van der Waals surface area contributed by atoms with Crippen LogP contribution >= 0.6 is 38.6 Å². The monoisotopic (exact) mass is 361 g/mol. The minimum absolute atomic E-state index is 0.624. The lowest BCUT2D eigenvalue weighted by molar-refractivity contribution is 0.141. The molecule has 2 aromatic rings. The highest BCUT2D eigenvalue weighted by molar-refractivity contribution is 9.10. The summed E-state index contributed by atoms with van der Waals surface area (Å²) < 4.78 is 6.35. The van der Waals surface area contributed by atoms with Crippen LogP contribution in [0.25, 0.3) is 0 Å². The van der Waals surface area contributed by atoms with Gasteiger partial charge in [0, 0.05) is 47.2 Å². The molecular formula is C12H16BrN3OS2. The number of hydrogen-bond donors (Lipinski definition) is 1. The van der Waals surface area contributed by atoms with Crippen molar-refractivity contribution >= 4 is 43.7 Å². The first-order valence-electron chi connectivity index (χ1n) is 5.82. The number of thiophene rings is 1. The van der Waals surface area contributed by atoms with Gasteiger partial charge < -0.3 is 10.5 Å². The second-order valence-electron chi connectivity index (χ2n) is 4.06. The highest BCUT2D eigenvalue weighted by Crippen LogP contribution is 2.25. The second-order valence-corrected chi connectivity index (χ2v) is 7.06. The van der Waals surface area contributed by atoms with Gasteiger partial charge in [0.25, 0.3) is 0 Å². The number of ether oxygens (including phenoxy) is 1. The minimum atomic E-state index is 0.624. The Morgan fingerprint density at radius 2 is 2.32 bits per heavy atom. The van der Waals surface area contributed by atoms with Gasteiger partial charge in [-0.1, -0.05) is 0 Å². The molecule has 0 aromatic carbocycles. The Morgan fingerprint density at radius 3 is 2.89 bits per heavy atom. The van der Waals surface area contributed by atoms with Gasteiger partial charge in [0.05, 0.1) is 6.61 Å². The van der Waals surface area contributed by atoms with Crippen LogP contribution in [0.2, 0.25) is 0 Å². The molecule has 0 radical (unpaired) electrons. The van der Waals surface area contributed by atoms with Gasteiger partial charge in [-0.25, -0.2) is 4.98 Å². The summed E-state index contributed by atoms with van der Waals surface area (Å²) in [5.41, 5.74) is 5.67. The Hall–Kier alpha value is -0.470. The van der Waals surface area contributed by atoms with E-state index in [0.717, 1.165) is 26.2 Å². The summed E-state index contributed by atoms with van der Waals surface area (Å²) in [7, 11) is 1.73. The Morgan fingerprint density at radius 1 is 1.47 bits per heavy atom. The molecule has 0 aliphatic carbocycles. The first-order chi connectivity index (χ1) is 9.19. The average molecular weight is 362 g/mol. The van der Waals surface area contributed by atoms with Crippen molar-refractivity contribution in [3.8, 4) is 0 Å². The maximum atomic E-state index is 5.67. The number of thiazole rings is 1. The van der Waals surface area contributed by atoms with Gasteiger partial charge in [-0.3, -0.25) is 4.90 Å². The van der Waals surface area contributed by atoms with Crippen LogP contribution in [0.3, 0.4) is 0 Å². The number of halogens is 1. The highest BCUT2D eigenvalue weighted by Gasteiger charge is 2.11. The van der Waals surface area contributed by atoms with E-state index in [2.05, 4.69) is 37.3 Å². The highest BCUT2D eigenvalue weighted by atomic mass is 79.9. The van der Waals surface area contributed by atoms with Crippen LogP contribution in [-0.4, -0.2) is 30.1 Å². The molecule has 0 saturated carbocycles. The van der Waals surface area contributed by atoms with Crippen LogP contribution < -0.4 is 5.73 Å². The SMILES string of the molecule is COCCN(Cc1cnc(N)s1)Cc1sccc1Br. The summed E-state index contributed by atoms with van der Waals surface area (Å²) in [6.07, 6.45) is 1.85. The van der Waals surface area contributed by atoms with Crippen molar-refractivity contribution in [3.63, 3.8) is 0 Å². The fraction of sp³-hybridized carbons (Fsp3) is 0.417. The molecule has 0 aliphatic rings. The van der Waals surface area contributed by atoms with E-state index in [1.54, 1.807) is 29.8 Å². The van der Waals surface area contributed by atoms with Crippen molar-refractivity contribution in [2.45, 2.75) is 13.1 Å². The summed E-state index contributed by atoms with van der Waals surface area (Å²) in [5.74, 6) is 0. The molecule has 0 saturated heterocycles. The van der Waals surface area contributed by atoms with Gasteiger partial charge >= 0.3 is 0 Å². The van der Waals surface area contributed by atoms with Crippen molar-refractivity contribution < 1.29 is 4.74 Å². The van der Waals surface area contributed by atoms with Crippen LogP contribution in [-0.2, 0) is 17.8 Å². The van der Waals surface area contributed by atoms with E-state index >= 15 is 0 Å². The molecule has 2 rings (SSSR count). The van der Waals surface area contributed by atoms with Gasteiger partial charge in [0.15, 0.2) is 5.13 Å². The Balaban J connectivity index is 2.01. The van der Waals surface area contributed by atoms with E-state index in [4.69, 9.17) is 10.5 Å². The topological polar surface area (TPSA) is 51.4 Å². The molecule has 2 N–H and O–H groups in total. The number of hydrogen-bond acceptors (Lipinski definition) is 6. The molecule has 7 heteroatoms. The molecule has 0 amide bonds. The number of nitrogens with two attached hydrogens (primary N) is 1. The summed E-state index contributed by atoms with van der Waals surface area (Å²) in [5, 5.41) is 2.72. The summed E-state index contributed by atoms with van der Waals surface area (Å²) in [4.78, 5) is 8.95. The second kappa shape index (κ2) is 7.35. The first kappa shape index (κ1) is 14.9. The molecule has 0 aliphatic heterocycles. The normalized spacial score (nSPS) is 11.3. The zero-order valence-corrected chi connectivity index (χ0v) is 13.9. The van der Waals surface area contributed by atoms with E-state index in [0.29, 0.717) is 5.13 Å². The largest absolute Gasteiger partial charge is 0.383 e. The zero-order chi connectivity index (χ0) is 13.7. The lowest BCUT2D eigenvalue weighted by Crippen LogP contribution is -2.26. The number of rotatable bonds is 7. The zero-order valence-electron chi connectivity index (χ0n) is 10.6. The number of methoxy groups -OCH3 is 1. The van der Waals surface area contributed by atoms with Crippen LogP contribution in [0.1, 0.15) is 9.75 Å². The molecule has 0 unspecified atom stereocenters. The van der Waals surface area contributed by atoms with E-state index in [9.17, 15) is 0 Å². The number of aromatic nitrogens is 1. The van der Waals surface area contributed by atoms with Crippen molar-refractivity contribution in [2.75, 3.05) is 26.0 Å². The number of anilines is 1. The average Bonchev–Trinajstić information content (AvgIpc) is 2.96. The van der Waals surface area contributed by atoms with Crippen molar-refractivity contribution in [2.24, 2.45) is 0 Å². The lowest BCUT2D eigenvalue weighted by Gasteiger charge is -2.20. The molecule has 19 heavy (non-hydrogen) atoms. The first-order valence-corrected chi connectivity index (χ1v) is 8.31. The van der Waals surface area contributed by atoms with Crippen LogP contribution in [0.4, 0.5) is 5.13 Å². The third-order valence-electron chi connectivity index (χ3n) is 2.62. The minimum Gasteiger partial charge on any atom is -0.383 e. The maximum absolute atomic E-state index is 5.67. The fourth-order valence-corrected chi connectivity index (χ4v) is 3.94. The molecule has 0 spiro atoms. The third-order valence-corrected chi connectivity index (χ3v) is 5.34. The summed E-state index contributed by atoms with van der Waals surface area (Å²) in [6.45, 7) is 3.36. The van der Waals surface area contributed by atoms with Crippen molar-refractivity contribution in [3.05, 3.63) is 31.9 Å². The van der Waals surface area contributed by atoms with Crippen molar-refractivity contribution in [1.29, 1.82) is 0 Å². The molecule has 4 nitrogen and oxygen atoms in total. The predicted molar refractivity (Wildman–Crippen MR) is 84.5 cm³/mol. The Bertz CT molecular complexity index is 515. The molecule has 0 bridgehead atoms. The molecule has 104 valence electrons. The van der Waals surface area contributed by atoms with E-state index in [-0.39, 0.29) is 0 Å². The number of nitrogens with zero attached hydrogens (tertiary/aromatic N) is 2. The van der Waals surface area contributed by atoms with Gasteiger partial charge in [-0.15, -0.1) is 22.7 Å². The van der Waals surface area contributed by atoms with E-state index < -0.39 is 0 Å². The van der Waals surface area contributed by atoms with Crippen LogP contribution in [0, 0.1) is 0 Å². The predicted octanol–water partition coefficient (Wildman–Crippen LogP) is 3.20. The van der Waals surface area contributed by atoms with Gasteiger partial charge in [0.1, 0.15) is 0 Å². The summed E-state index contributed by atoms with van der Waals surface area (Å²) >= 11 is 6.88. The molecule has 0 fully saturated rings. The van der Waals surface area contributed by atoms with Gasteiger partial charge in [-0.2, -0.15) is 0 Å². The van der Waals surface area contributed by atoms with Crippen molar-refractivity contribution in [1.82, 2.24) is 9.88 Å². The molecule has 2 aromatic heterocycles. The standard InChI is InChI=1S/C12H16BrN3OS2/c1-17-4-3-16(7-9-6-15-12(14)19-9)8-11-10(13)2-5-18-11/h2,5-6H,3-4,7-8H2,1H3,(H2,14,15).